The lowest BCUT2D eigenvalue weighted by molar-refractivity contribution is -0.688. The van der Waals surface area contributed by atoms with E-state index in [2.05, 4.69) is 53.4 Å². The molecule has 0 radical (unpaired) electrons. The zero-order valence-corrected chi connectivity index (χ0v) is 16.1. The van der Waals surface area contributed by atoms with E-state index in [1.807, 2.05) is 6.07 Å². The number of pyridine rings is 1. The van der Waals surface area contributed by atoms with Crippen molar-refractivity contribution >= 4 is 0 Å². The number of benzene rings is 2. The van der Waals surface area contributed by atoms with Gasteiger partial charge in [-0.2, -0.15) is 0 Å². The molecule has 0 fully saturated rings. The third kappa shape index (κ3) is 4.13. The number of aromatic nitrogens is 1. The second-order valence-electron chi connectivity index (χ2n) is 6.51. The number of hydrogen-bond acceptors (Lipinski definition) is 1. The molecule has 0 saturated heterocycles. The van der Waals surface area contributed by atoms with Crippen molar-refractivity contribution in [3.8, 4) is 5.75 Å². The molecule has 0 N–H and O–H groups in total. The summed E-state index contributed by atoms with van der Waals surface area (Å²) in [6, 6.07) is 17.8. The largest absolute Gasteiger partial charge is 1.00 e. The van der Waals surface area contributed by atoms with Crippen LogP contribution in [0.3, 0.4) is 0 Å². The van der Waals surface area contributed by atoms with Gasteiger partial charge in [-0.15, -0.1) is 0 Å². The van der Waals surface area contributed by atoms with E-state index in [0.717, 1.165) is 48.2 Å². The molecule has 0 bridgehead atoms. The molecule has 1 heterocycles. The van der Waals surface area contributed by atoms with Crippen LogP contribution in [-0.4, -0.2) is 0 Å². The number of fused-ring (bicyclic) bond motifs is 1. The van der Waals surface area contributed by atoms with Crippen LogP contribution in [0, 0.1) is 5.82 Å². The number of ether oxygens (including phenoxy) is 1. The molecule has 0 aliphatic heterocycles. The second-order valence-corrected chi connectivity index (χ2v) is 6.51. The van der Waals surface area contributed by atoms with Crippen molar-refractivity contribution in [3.63, 3.8) is 0 Å². The van der Waals surface area contributed by atoms with Gasteiger partial charge in [-0.1, -0.05) is 30.3 Å². The molecule has 4 heteroatoms. The van der Waals surface area contributed by atoms with E-state index < -0.39 is 0 Å². The minimum atomic E-state index is -0.0958. The van der Waals surface area contributed by atoms with Gasteiger partial charge in [0.25, 0.3) is 0 Å². The first-order chi connectivity index (χ1) is 12.3. The minimum Gasteiger partial charge on any atom is -1.00 e. The zero-order chi connectivity index (χ0) is 17.1. The van der Waals surface area contributed by atoms with Crippen molar-refractivity contribution in [2.24, 2.45) is 0 Å². The molecule has 1 aliphatic rings. The van der Waals surface area contributed by atoms with Crippen molar-refractivity contribution in [2.75, 3.05) is 0 Å². The molecule has 1 aromatic heterocycles. The Balaban J connectivity index is 0.00000196. The Hall–Kier alpha value is -2.20. The first kappa shape index (κ1) is 18.6. The molecule has 1 aliphatic carbocycles. The highest BCUT2D eigenvalue weighted by atomic mass is 79.9. The minimum absolute atomic E-state index is 0. The fourth-order valence-corrected chi connectivity index (χ4v) is 3.41. The molecule has 4 rings (SSSR count). The highest BCUT2D eigenvalue weighted by Gasteiger charge is 2.19. The lowest BCUT2D eigenvalue weighted by atomic mass is 10.1. The maximum absolute atomic E-state index is 13.8. The zero-order valence-electron chi connectivity index (χ0n) is 14.5. The highest BCUT2D eigenvalue weighted by molar-refractivity contribution is 5.44. The smallest absolute Gasteiger partial charge is 0.173 e. The Labute approximate surface area is 164 Å². The van der Waals surface area contributed by atoms with Crippen LogP contribution in [0.25, 0.3) is 0 Å². The molecule has 0 atom stereocenters. The van der Waals surface area contributed by atoms with Crippen LogP contribution >= 0.6 is 0 Å². The fraction of sp³-hybridized carbons (Fsp3) is 0.227. The highest BCUT2D eigenvalue weighted by Crippen LogP contribution is 2.32. The molecule has 0 saturated carbocycles. The molecular weight excluding hydrogens is 393 g/mol. The fourth-order valence-electron chi connectivity index (χ4n) is 3.41. The van der Waals surface area contributed by atoms with Crippen LogP contribution in [-0.2, 0) is 26.0 Å². The van der Waals surface area contributed by atoms with Crippen LogP contribution in [0.15, 0.2) is 67.0 Å². The van der Waals surface area contributed by atoms with E-state index in [1.165, 1.54) is 11.6 Å². The van der Waals surface area contributed by atoms with Gasteiger partial charge in [-0.25, -0.2) is 8.96 Å². The van der Waals surface area contributed by atoms with Crippen LogP contribution in [0.2, 0.25) is 0 Å². The van der Waals surface area contributed by atoms with Crippen LogP contribution < -0.4 is 26.3 Å². The summed E-state index contributed by atoms with van der Waals surface area (Å²) in [5, 5.41) is 0. The topological polar surface area (TPSA) is 13.1 Å². The molecule has 0 spiro atoms. The van der Waals surface area contributed by atoms with Gasteiger partial charge in [-0.3, -0.25) is 0 Å². The molecule has 0 amide bonds. The van der Waals surface area contributed by atoms with E-state index in [9.17, 15) is 4.39 Å². The van der Waals surface area contributed by atoms with Crippen molar-refractivity contribution in [1.82, 2.24) is 0 Å². The average Bonchev–Trinajstić information content (AvgIpc) is 3.14. The van der Waals surface area contributed by atoms with Crippen LogP contribution in [0.1, 0.15) is 28.7 Å². The number of rotatable bonds is 5. The normalized spacial score (nSPS) is 12.3. The number of halogens is 2. The van der Waals surface area contributed by atoms with E-state index >= 15 is 0 Å². The Bertz CT molecular complexity index is 865. The summed E-state index contributed by atoms with van der Waals surface area (Å²) in [5.74, 6) is 0.733. The van der Waals surface area contributed by atoms with Gasteiger partial charge >= 0.3 is 0 Å². The third-order valence-corrected chi connectivity index (χ3v) is 4.75. The Kier molecular flexibility index (Phi) is 6.04. The summed E-state index contributed by atoms with van der Waals surface area (Å²) in [7, 11) is 0. The van der Waals surface area contributed by atoms with Crippen LogP contribution in [0.5, 0.6) is 5.75 Å². The SMILES string of the molecule is Fc1ccc(OCc2cc[n+](Cc3ccccc3)cc2)c2c1CCC2.[Br-]. The molecule has 134 valence electrons. The first-order valence-corrected chi connectivity index (χ1v) is 8.74. The maximum atomic E-state index is 13.8. The predicted octanol–water partition coefficient (Wildman–Crippen LogP) is 1.23. The van der Waals surface area contributed by atoms with Crippen molar-refractivity contribution < 1.29 is 30.7 Å². The van der Waals surface area contributed by atoms with Gasteiger partial charge in [0.05, 0.1) is 0 Å². The first-order valence-electron chi connectivity index (χ1n) is 8.74. The predicted molar refractivity (Wildman–Crippen MR) is 94.9 cm³/mol. The summed E-state index contributed by atoms with van der Waals surface area (Å²) in [6.45, 7) is 1.36. The van der Waals surface area contributed by atoms with E-state index in [1.54, 1.807) is 6.07 Å². The summed E-state index contributed by atoms with van der Waals surface area (Å²) < 4.78 is 21.9. The van der Waals surface area contributed by atoms with E-state index in [-0.39, 0.29) is 22.8 Å². The van der Waals surface area contributed by atoms with Crippen LogP contribution in [0.4, 0.5) is 4.39 Å². The average molecular weight is 414 g/mol. The number of hydrogen-bond donors (Lipinski definition) is 0. The number of nitrogens with zero attached hydrogens (tertiary/aromatic N) is 1. The van der Waals surface area contributed by atoms with Gasteiger partial charge < -0.3 is 21.7 Å². The summed E-state index contributed by atoms with van der Waals surface area (Å²) in [5.41, 5.74) is 4.28. The van der Waals surface area contributed by atoms with Gasteiger partial charge in [-0.05, 0) is 37.0 Å². The maximum Gasteiger partial charge on any atom is 0.173 e. The molecule has 2 nitrogen and oxygen atoms in total. The third-order valence-electron chi connectivity index (χ3n) is 4.75. The molecular formula is C22H21BrFNO. The van der Waals surface area contributed by atoms with E-state index in [4.69, 9.17) is 4.74 Å². The summed E-state index contributed by atoms with van der Waals surface area (Å²) >= 11 is 0. The molecule has 26 heavy (non-hydrogen) atoms. The Morgan fingerprint density at radius 3 is 2.35 bits per heavy atom. The molecule has 2 aromatic carbocycles. The molecule has 0 unspecified atom stereocenters. The monoisotopic (exact) mass is 413 g/mol. The Morgan fingerprint density at radius 2 is 1.58 bits per heavy atom. The van der Waals surface area contributed by atoms with Crippen molar-refractivity contribution in [1.29, 1.82) is 0 Å². The van der Waals surface area contributed by atoms with E-state index in [0.29, 0.717) is 6.61 Å². The summed E-state index contributed by atoms with van der Waals surface area (Å²) in [4.78, 5) is 0. The lowest BCUT2D eigenvalue weighted by Gasteiger charge is -2.11. The summed E-state index contributed by atoms with van der Waals surface area (Å²) in [6.07, 6.45) is 6.89. The van der Waals surface area contributed by atoms with Gasteiger partial charge in [0, 0.05) is 28.8 Å². The molecule has 3 aromatic rings. The Morgan fingerprint density at radius 1 is 0.846 bits per heavy atom. The quantitative estimate of drug-likeness (QED) is 0.573. The lowest BCUT2D eigenvalue weighted by Crippen LogP contribution is -3.00. The van der Waals surface area contributed by atoms with Gasteiger partial charge in [0.2, 0.25) is 0 Å². The standard InChI is InChI=1S/C22H21FNO.BrH/c23-21-9-10-22(20-8-4-7-19(20)21)25-16-18-11-13-24(14-12-18)15-17-5-2-1-3-6-17;/h1-3,5-6,9-14H,4,7-8,15-16H2;1H/q+1;/p-1. The van der Waals surface area contributed by atoms with Crippen molar-refractivity contribution in [2.45, 2.75) is 32.4 Å². The van der Waals surface area contributed by atoms with Gasteiger partial charge in [0.1, 0.15) is 18.2 Å². The van der Waals surface area contributed by atoms with Crippen molar-refractivity contribution in [3.05, 3.63) is 95.1 Å². The van der Waals surface area contributed by atoms with Gasteiger partial charge in [0.15, 0.2) is 18.9 Å². The second kappa shape index (κ2) is 8.45.